The van der Waals surface area contributed by atoms with E-state index in [1.807, 2.05) is 0 Å². The summed E-state index contributed by atoms with van der Waals surface area (Å²) < 4.78 is 0. The maximum atomic E-state index is 0. The van der Waals surface area contributed by atoms with E-state index in [0.717, 1.165) is 0 Å². The van der Waals surface area contributed by atoms with E-state index in [-0.39, 0.29) is 39.2 Å². The molecule has 0 saturated heterocycles. The average Bonchev–Trinajstić information content (AvgIpc) is 0. The van der Waals surface area contributed by atoms with Crippen LogP contribution in [0.15, 0.2) is 0 Å². The van der Waals surface area contributed by atoms with Crippen molar-refractivity contribution in [2.45, 2.75) is 0 Å². The molecule has 0 spiro atoms. The van der Waals surface area contributed by atoms with Crippen LogP contribution < -0.4 is 18.8 Å². The normalized spacial score (nSPS) is 0. The first-order chi connectivity index (χ1) is 0. The van der Waals surface area contributed by atoms with E-state index >= 15 is 0 Å². The molecule has 0 radical (unpaired) electrons. The minimum Gasteiger partial charge on any atom is -1.00 e. The fraction of sp³-hybridized carbons (Fsp3) is 0. The van der Waals surface area contributed by atoms with E-state index in [9.17, 15) is 0 Å². The Balaban J connectivity index is 0. The molecule has 0 amide bonds. The van der Waals surface area contributed by atoms with Crippen molar-refractivity contribution in [2.75, 3.05) is 0 Å². The van der Waals surface area contributed by atoms with Crippen LogP contribution in [0, 0.1) is 0 Å². The Morgan fingerprint density at radius 1 is 0.429 bits per heavy atom. The molecule has 0 fully saturated rings. The van der Waals surface area contributed by atoms with Crippen LogP contribution in [0.2, 0.25) is 0 Å². The Labute approximate surface area is 40.5 Å². The van der Waals surface area contributed by atoms with Gasteiger partial charge in [-0.1, -0.05) is 0 Å². The van der Waals surface area contributed by atoms with E-state index in [0.29, 0.717) is 0 Å². The van der Waals surface area contributed by atoms with Gasteiger partial charge in [-0.3, -0.25) is 9.41 Å². The number of hydrogen-bond donors (Lipinski definition) is 0. The minimum atomic E-state index is 0. The summed E-state index contributed by atoms with van der Waals surface area (Å²) in [5.74, 6) is 0. The molecule has 0 aliphatic carbocycles. The second-order valence-corrected chi connectivity index (χ2v) is 0. The van der Waals surface area contributed by atoms with Gasteiger partial charge in [-0.05, 0) is 0 Å². The zero-order valence-electron chi connectivity index (χ0n) is 2.83. The Bertz CT molecular complexity index is 4.14. The van der Waals surface area contributed by atoms with Gasteiger partial charge in [0.1, 0.15) is 0 Å². The van der Waals surface area contributed by atoms with Gasteiger partial charge in [-0.25, -0.2) is 0 Å². The Hall–Kier alpha value is -0.203. The first-order valence-corrected chi connectivity index (χ1v) is 0. The summed E-state index contributed by atoms with van der Waals surface area (Å²) in [5, 5.41) is 0. The van der Waals surface area contributed by atoms with E-state index < -0.39 is 0 Å². The van der Waals surface area contributed by atoms with Crippen molar-refractivity contribution in [1.29, 1.82) is 0 Å². The molecule has 0 aromatic heterocycles. The molecule has 0 atom stereocenters. The number of hydrogen-bond acceptors (Lipinski definition) is 0. The van der Waals surface area contributed by atoms with E-state index in [1.165, 1.54) is 0 Å². The largest absolute Gasteiger partial charge is 4.00 e. The third-order valence-electron chi connectivity index (χ3n) is 0. The smallest absolute Gasteiger partial charge is 1.00 e. The van der Waals surface area contributed by atoms with Crippen molar-refractivity contribution < 1.29 is 28.2 Å². The van der Waals surface area contributed by atoms with E-state index in [4.69, 9.17) is 0 Å². The predicted molar refractivity (Wildman–Crippen MR) is 10.8 cm³/mol. The van der Waals surface area contributed by atoms with Gasteiger partial charge in [0, 0.05) is 0 Å². The quantitative estimate of drug-likeness (QED) is 0.234. The fourth-order valence-electron chi connectivity index (χ4n) is 0. The van der Waals surface area contributed by atoms with Crippen LogP contribution >= 0.6 is 0 Å². The maximum absolute atomic E-state index is 0. The Kier molecular flexibility index (Phi) is 2560000. The Morgan fingerprint density at radius 3 is 0.429 bits per heavy atom. The average molecular weight is 144 g/mol. The molecule has 0 bridgehead atoms. The first-order valence-electron chi connectivity index (χ1n) is 0. The van der Waals surface area contributed by atoms with Crippen molar-refractivity contribution in [3.63, 3.8) is 0 Å². The van der Waals surface area contributed by atoms with Gasteiger partial charge < -0.3 is 18.8 Å². The van der Waals surface area contributed by atoms with E-state index in [2.05, 4.69) is 0 Å². The summed E-state index contributed by atoms with van der Waals surface area (Å²) in [4.78, 5) is 0. The second kappa shape index (κ2) is 3230. The van der Waals surface area contributed by atoms with Crippen molar-refractivity contribution in [2.24, 2.45) is 0 Å². The summed E-state index contributed by atoms with van der Waals surface area (Å²) in [6, 6.07) is 0. The van der Waals surface area contributed by atoms with Crippen molar-refractivity contribution in [3.8, 4) is 0 Å². The van der Waals surface area contributed by atoms with Crippen LogP contribution in [-0.4, -0.2) is 11.0 Å². The third kappa shape index (κ3) is 2030. The van der Waals surface area contributed by atoms with Gasteiger partial charge in [0.15, 0.2) is 0 Å². The molecule has 7 heteroatoms. The van der Waals surface area contributed by atoms with Gasteiger partial charge in [-0.15, -0.1) is 0 Å². The van der Waals surface area contributed by atoms with Crippen LogP contribution in [0.4, 0.5) is 9.41 Å². The van der Waals surface area contributed by atoms with Gasteiger partial charge in [0.05, 0.1) is 0 Å². The standard InChI is InChI=1S/6FH.Si/h6*1H;/q;;;;;;+4/p-4. The monoisotopic (exact) mass is 144 g/mol. The molecule has 0 heterocycles. The predicted octanol–water partition coefficient (Wildman–Crippen LogP) is -12.1. The molecular formula is H2F6Si. The zero-order chi connectivity index (χ0) is 0. The number of halogens is 6. The summed E-state index contributed by atoms with van der Waals surface area (Å²) in [6.07, 6.45) is 0. The summed E-state index contributed by atoms with van der Waals surface area (Å²) in [7, 11) is 0. The molecule has 0 unspecified atom stereocenters. The second-order valence-electron chi connectivity index (χ2n) is 0. The first kappa shape index (κ1) is 5540. The maximum Gasteiger partial charge on any atom is 4.00 e. The number of rotatable bonds is 0. The van der Waals surface area contributed by atoms with Crippen LogP contribution in [0.1, 0.15) is 0 Å². The molecule has 0 N–H and O–H groups in total. The molecular weight excluding hydrogens is 142 g/mol. The summed E-state index contributed by atoms with van der Waals surface area (Å²) in [6.45, 7) is 0. The van der Waals surface area contributed by atoms with Crippen LogP contribution in [0.5, 0.6) is 0 Å². The van der Waals surface area contributed by atoms with Gasteiger partial charge in [0.2, 0.25) is 0 Å². The molecule has 0 nitrogen and oxygen atoms in total. The van der Waals surface area contributed by atoms with Crippen LogP contribution in [0.3, 0.4) is 0 Å². The minimum absolute atomic E-state index is 0. The van der Waals surface area contributed by atoms with Gasteiger partial charge in [-0.2, -0.15) is 0 Å². The van der Waals surface area contributed by atoms with Crippen molar-refractivity contribution in [1.82, 2.24) is 0 Å². The van der Waals surface area contributed by atoms with E-state index in [1.54, 1.807) is 0 Å². The SMILES string of the molecule is F.F.[F-].[F-].[F-].[F-].[Si+4]. The zero-order valence-corrected chi connectivity index (χ0v) is 3.83. The molecule has 7 heavy (non-hydrogen) atoms. The van der Waals surface area contributed by atoms with Gasteiger partial charge >= 0.3 is 11.0 Å². The molecule has 48 valence electrons. The summed E-state index contributed by atoms with van der Waals surface area (Å²) >= 11 is 0. The molecule has 0 aromatic rings. The molecule has 0 rings (SSSR count). The molecule has 0 saturated carbocycles. The van der Waals surface area contributed by atoms with Gasteiger partial charge in [0.25, 0.3) is 0 Å². The summed E-state index contributed by atoms with van der Waals surface area (Å²) in [5.41, 5.74) is 0. The topological polar surface area (TPSA) is 0 Å². The fourth-order valence-corrected chi connectivity index (χ4v) is 0. The van der Waals surface area contributed by atoms with Crippen molar-refractivity contribution in [3.05, 3.63) is 0 Å². The molecule has 0 aromatic carbocycles. The van der Waals surface area contributed by atoms with Crippen LogP contribution in [-0.2, 0) is 0 Å². The molecule has 0 aliphatic heterocycles. The molecule has 0 aliphatic rings. The Morgan fingerprint density at radius 2 is 0.429 bits per heavy atom. The third-order valence-corrected chi connectivity index (χ3v) is 0. The van der Waals surface area contributed by atoms with Crippen LogP contribution in [0.25, 0.3) is 0 Å². The van der Waals surface area contributed by atoms with Crippen molar-refractivity contribution >= 4 is 11.0 Å².